The van der Waals surface area contributed by atoms with Crippen LogP contribution in [-0.4, -0.2) is 28.2 Å². The zero-order valence-corrected chi connectivity index (χ0v) is 12.8. The third-order valence-corrected chi connectivity index (χ3v) is 3.43. The van der Waals surface area contributed by atoms with Gasteiger partial charge in [-0.15, -0.1) is 0 Å². The first kappa shape index (κ1) is 16.0. The average Bonchev–Trinajstić information content (AvgIpc) is 2.94. The summed E-state index contributed by atoms with van der Waals surface area (Å²) in [5.41, 5.74) is 0.608. The molecule has 2 rings (SSSR count). The molecule has 0 aliphatic heterocycles. The number of aromatic nitrogens is 1. The molecule has 2 aromatic rings. The van der Waals surface area contributed by atoms with E-state index in [1.807, 2.05) is 0 Å². The fourth-order valence-electron chi connectivity index (χ4n) is 1.90. The highest BCUT2D eigenvalue weighted by Gasteiger charge is 2.25. The zero-order chi connectivity index (χ0) is 16.3. The lowest BCUT2D eigenvalue weighted by Crippen LogP contribution is -2.44. The molecule has 0 fully saturated rings. The van der Waals surface area contributed by atoms with Gasteiger partial charge in [0.15, 0.2) is 11.5 Å². The van der Waals surface area contributed by atoms with Crippen molar-refractivity contribution < 1.29 is 19.2 Å². The van der Waals surface area contributed by atoms with E-state index in [4.69, 9.17) is 21.2 Å². The highest BCUT2D eigenvalue weighted by Crippen LogP contribution is 2.27. The first-order valence-electron chi connectivity index (χ1n) is 6.65. The number of nitrogens with one attached hydrogen (secondary N) is 1. The Bertz CT molecular complexity index is 696. The van der Waals surface area contributed by atoms with E-state index in [0.717, 1.165) is 0 Å². The molecule has 7 heteroatoms. The maximum absolute atomic E-state index is 12.1. The van der Waals surface area contributed by atoms with Gasteiger partial charge < -0.3 is 14.9 Å². The van der Waals surface area contributed by atoms with Gasteiger partial charge in [0.25, 0.3) is 5.91 Å². The number of hydrogen-bond donors (Lipinski definition) is 2. The molecule has 1 aromatic heterocycles. The van der Waals surface area contributed by atoms with Crippen LogP contribution in [0.3, 0.4) is 0 Å². The van der Waals surface area contributed by atoms with E-state index in [2.05, 4.69) is 10.5 Å². The van der Waals surface area contributed by atoms with Gasteiger partial charge in [0.1, 0.15) is 6.04 Å². The molecule has 0 aliphatic carbocycles. The summed E-state index contributed by atoms with van der Waals surface area (Å²) >= 11 is 6.05. The maximum Gasteiger partial charge on any atom is 0.326 e. The first-order chi connectivity index (χ1) is 10.4. The molecule has 0 spiro atoms. The third-order valence-electron chi connectivity index (χ3n) is 3.10. The van der Waals surface area contributed by atoms with Crippen LogP contribution in [0.5, 0.6) is 0 Å². The van der Waals surface area contributed by atoms with Crippen molar-refractivity contribution in [1.82, 2.24) is 10.5 Å². The third kappa shape index (κ3) is 3.46. The van der Waals surface area contributed by atoms with Crippen LogP contribution in [0.15, 0.2) is 34.9 Å². The molecule has 0 aliphatic rings. The summed E-state index contributed by atoms with van der Waals surface area (Å²) in [6.45, 7) is 3.41. The molecule has 0 bridgehead atoms. The number of carboxylic acids is 1. The Morgan fingerprint density at radius 3 is 2.59 bits per heavy atom. The second kappa shape index (κ2) is 6.62. The Morgan fingerprint density at radius 2 is 2.00 bits per heavy atom. The molecule has 0 radical (unpaired) electrons. The van der Waals surface area contributed by atoms with Crippen molar-refractivity contribution in [2.24, 2.45) is 5.92 Å². The van der Waals surface area contributed by atoms with Crippen molar-refractivity contribution in [1.29, 1.82) is 0 Å². The molecule has 0 saturated heterocycles. The highest BCUT2D eigenvalue weighted by molar-refractivity contribution is 6.33. The SMILES string of the molecule is CC(C)C(NC(=O)c1cc(-c2ccccc2Cl)on1)C(=O)O. The van der Waals surface area contributed by atoms with Crippen LogP contribution in [0.1, 0.15) is 24.3 Å². The quantitative estimate of drug-likeness (QED) is 0.883. The Labute approximate surface area is 132 Å². The average molecular weight is 323 g/mol. The Kier molecular flexibility index (Phi) is 4.82. The number of carbonyl (C=O) groups is 2. The van der Waals surface area contributed by atoms with Gasteiger partial charge >= 0.3 is 5.97 Å². The molecular formula is C15H15ClN2O4. The molecule has 22 heavy (non-hydrogen) atoms. The first-order valence-corrected chi connectivity index (χ1v) is 7.03. The standard InChI is InChI=1S/C15H15ClN2O4/c1-8(2)13(15(20)21)17-14(19)11-7-12(22-18-11)9-5-3-4-6-10(9)16/h3-8,13H,1-2H3,(H,17,19)(H,20,21). The van der Waals surface area contributed by atoms with Gasteiger partial charge in [-0.3, -0.25) is 4.79 Å². The lowest BCUT2D eigenvalue weighted by atomic mass is 10.0. The number of carbonyl (C=O) groups excluding carboxylic acids is 1. The summed E-state index contributed by atoms with van der Waals surface area (Å²) < 4.78 is 5.11. The normalized spacial score (nSPS) is 12.2. The second-order valence-corrected chi connectivity index (χ2v) is 5.50. The monoisotopic (exact) mass is 322 g/mol. The van der Waals surface area contributed by atoms with Gasteiger partial charge in [-0.25, -0.2) is 4.79 Å². The number of carboxylic acid groups (broad SMARTS) is 1. The summed E-state index contributed by atoms with van der Waals surface area (Å²) in [5, 5.41) is 15.6. The van der Waals surface area contributed by atoms with E-state index < -0.39 is 17.9 Å². The summed E-state index contributed by atoms with van der Waals surface area (Å²) in [7, 11) is 0. The molecule has 1 unspecified atom stereocenters. The molecular weight excluding hydrogens is 308 g/mol. The molecule has 1 aromatic carbocycles. The minimum Gasteiger partial charge on any atom is -0.480 e. The van der Waals surface area contributed by atoms with Crippen molar-refractivity contribution in [2.75, 3.05) is 0 Å². The number of aliphatic carboxylic acids is 1. The van der Waals surface area contributed by atoms with Crippen molar-refractivity contribution in [3.63, 3.8) is 0 Å². The molecule has 6 nitrogen and oxygen atoms in total. The van der Waals surface area contributed by atoms with Crippen LogP contribution in [0, 0.1) is 5.92 Å². The lowest BCUT2D eigenvalue weighted by Gasteiger charge is -2.16. The van der Waals surface area contributed by atoms with E-state index in [0.29, 0.717) is 16.3 Å². The number of rotatable bonds is 5. The van der Waals surface area contributed by atoms with Gasteiger partial charge in [-0.1, -0.05) is 42.7 Å². The van der Waals surface area contributed by atoms with Gasteiger partial charge in [0.05, 0.1) is 5.02 Å². The Morgan fingerprint density at radius 1 is 1.32 bits per heavy atom. The zero-order valence-electron chi connectivity index (χ0n) is 12.0. The van der Waals surface area contributed by atoms with E-state index in [1.165, 1.54) is 6.07 Å². The molecule has 116 valence electrons. The van der Waals surface area contributed by atoms with Crippen molar-refractivity contribution in [3.05, 3.63) is 41.0 Å². The summed E-state index contributed by atoms with van der Waals surface area (Å²) in [6.07, 6.45) is 0. The van der Waals surface area contributed by atoms with Crippen LogP contribution in [-0.2, 0) is 4.79 Å². The van der Waals surface area contributed by atoms with E-state index in [-0.39, 0.29) is 11.6 Å². The van der Waals surface area contributed by atoms with E-state index >= 15 is 0 Å². The van der Waals surface area contributed by atoms with Crippen molar-refractivity contribution in [2.45, 2.75) is 19.9 Å². The number of benzene rings is 1. The van der Waals surface area contributed by atoms with Crippen molar-refractivity contribution in [3.8, 4) is 11.3 Å². The molecule has 1 atom stereocenters. The van der Waals surface area contributed by atoms with E-state index in [9.17, 15) is 9.59 Å². The van der Waals surface area contributed by atoms with Gasteiger partial charge in [0, 0.05) is 11.6 Å². The summed E-state index contributed by atoms with van der Waals surface area (Å²) in [5.74, 6) is -1.62. The number of halogens is 1. The van der Waals surface area contributed by atoms with Crippen LogP contribution in [0.4, 0.5) is 0 Å². The smallest absolute Gasteiger partial charge is 0.326 e. The molecule has 2 N–H and O–H groups in total. The second-order valence-electron chi connectivity index (χ2n) is 5.09. The molecule has 1 heterocycles. The van der Waals surface area contributed by atoms with E-state index in [1.54, 1.807) is 38.1 Å². The van der Waals surface area contributed by atoms with Crippen LogP contribution < -0.4 is 5.32 Å². The molecule has 0 saturated carbocycles. The Balaban J connectivity index is 2.19. The number of nitrogens with zero attached hydrogens (tertiary/aromatic N) is 1. The van der Waals surface area contributed by atoms with Crippen LogP contribution in [0.25, 0.3) is 11.3 Å². The van der Waals surface area contributed by atoms with Crippen LogP contribution >= 0.6 is 11.6 Å². The van der Waals surface area contributed by atoms with Crippen LogP contribution in [0.2, 0.25) is 5.02 Å². The number of amides is 1. The minimum absolute atomic E-state index is 0.00168. The van der Waals surface area contributed by atoms with Gasteiger partial charge in [0.2, 0.25) is 0 Å². The largest absolute Gasteiger partial charge is 0.480 e. The maximum atomic E-state index is 12.1. The fourth-order valence-corrected chi connectivity index (χ4v) is 2.13. The molecule has 1 amide bonds. The lowest BCUT2D eigenvalue weighted by molar-refractivity contribution is -0.140. The summed E-state index contributed by atoms with van der Waals surface area (Å²) in [6, 6.07) is 7.42. The minimum atomic E-state index is -1.10. The predicted octanol–water partition coefficient (Wildman–Crippen LogP) is 2.83. The predicted molar refractivity (Wildman–Crippen MR) is 80.7 cm³/mol. The van der Waals surface area contributed by atoms with Gasteiger partial charge in [-0.2, -0.15) is 0 Å². The topological polar surface area (TPSA) is 92.4 Å². The number of hydrogen-bond acceptors (Lipinski definition) is 4. The highest BCUT2D eigenvalue weighted by atomic mass is 35.5. The summed E-state index contributed by atoms with van der Waals surface area (Å²) in [4.78, 5) is 23.2. The fraction of sp³-hybridized carbons (Fsp3) is 0.267. The Hall–Kier alpha value is -2.34. The van der Waals surface area contributed by atoms with Gasteiger partial charge in [-0.05, 0) is 18.1 Å². The van der Waals surface area contributed by atoms with Crippen molar-refractivity contribution >= 4 is 23.5 Å².